The van der Waals surface area contributed by atoms with E-state index >= 15 is 0 Å². The maximum absolute atomic E-state index is 10.8. The van der Waals surface area contributed by atoms with Crippen LogP contribution in [0.3, 0.4) is 0 Å². The molecule has 3 aromatic rings. The van der Waals surface area contributed by atoms with Gasteiger partial charge in [0.15, 0.2) is 0 Å². The molecule has 28 heavy (non-hydrogen) atoms. The summed E-state index contributed by atoms with van der Waals surface area (Å²) < 4.78 is 0. The lowest BCUT2D eigenvalue weighted by Gasteiger charge is -2.36. The number of hydrogen-bond acceptors (Lipinski definition) is 1. The van der Waals surface area contributed by atoms with E-state index in [0.717, 1.165) is 18.4 Å². The van der Waals surface area contributed by atoms with Gasteiger partial charge in [-0.05, 0) is 23.6 Å². The summed E-state index contributed by atoms with van der Waals surface area (Å²) >= 11 is 0. The van der Waals surface area contributed by atoms with Gasteiger partial charge in [-0.2, -0.15) is 0 Å². The zero-order chi connectivity index (χ0) is 19.7. The van der Waals surface area contributed by atoms with Gasteiger partial charge in [-0.3, -0.25) is 0 Å². The molecule has 1 nitrogen and oxygen atoms in total. The Morgan fingerprint density at radius 1 is 0.607 bits per heavy atom. The van der Waals surface area contributed by atoms with E-state index in [0.29, 0.717) is 5.75 Å². The topological polar surface area (TPSA) is 20.2 Å². The van der Waals surface area contributed by atoms with Crippen molar-refractivity contribution in [2.24, 2.45) is 0 Å². The van der Waals surface area contributed by atoms with Crippen LogP contribution >= 0.6 is 0 Å². The molecule has 0 spiro atoms. The van der Waals surface area contributed by atoms with Crippen molar-refractivity contribution < 1.29 is 5.11 Å². The van der Waals surface area contributed by atoms with Crippen LogP contribution in [0.25, 0.3) is 0 Å². The first-order chi connectivity index (χ1) is 13.8. The molecule has 0 aliphatic heterocycles. The minimum Gasteiger partial charge on any atom is -0.508 e. The fraction of sp³-hybridized carbons (Fsp3) is 0.333. The molecule has 0 unspecified atom stereocenters. The molecular weight excluding hydrogens is 340 g/mol. The predicted octanol–water partition coefficient (Wildman–Crippen LogP) is 7.48. The lowest BCUT2D eigenvalue weighted by molar-refractivity contribution is 0.436. The number of para-hydroxylation sites is 1. The Labute approximate surface area is 170 Å². The molecule has 0 radical (unpaired) electrons. The van der Waals surface area contributed by atoms with E-state index in [4.69, 9.17) is 0 Å². The number of phenolic OH excluding ortho intramolecular Hbond substituents is 1. The molecule has 0 heterocycles. The quantitative estimate of drug-likeness (QED) is 0.289. The normalized spacial score (nSPS) is 11.5. The van der Waals surface area contributed by atoms with Crippen molar-refractivity contribution in [3.05, 3.63) is 102 Å². The van der Waals surface area contributed by atoms with Gasteiger partial charge in [0.25, 0.3) is 0 Å². The number of rotatable bonds is 10. The summed E-state index contributed by atoms with van der Waals surface area (Å²) in [5.74, 6) is 0.376. The molecule has 0 aliphatic rings. The van der Waals surface area contributed by atoms with Crippen molar-refractivity contribution in [2.75, 3.05) is 0 Å². The van der Waals surface area contributed by atoms with Crippen LogP contribution in [0.2, 0.25) is 0 Å². The van der Waals surface area contributed by atoms with E-state index in [1.165, 1.54) is 43.2 Å². The van der Waals surface area contributed by atoms with E-state index in [1.54, 1.807) is 0 Å². The van der Waals surface area contributed by atoms with E-state index < -0.39 is 0 Å². The standard InChI is InChI=1S/C27H32O/c1-2-3-4-5-6-15-22-27(23-16-9-7-10-17-23,24-18-11-8-12-19-24)25-20-13-14-21-26(25)28/h7-14,16-21,28H,2-6,15,22H2,1H3. The number of phenols is 1. The zero-order valence-corrected chi connectivity index (χ0v) is 17.0. The Morgan fingerprint density at radius 2 is 1.11 bits per heavy atom. The van der Waals surface area contributed by atoms with Gasteiger partial charge in [0.1, 0.15) is 5.75 Å². The summed E-state index contributed by atoms with van der Waals surface area (Å²) in [6.07, 6.45) is 8.56. The third-order valence-corrected chi connectivity index (χ3v) is 5.80. The lowest BCUT2D eigenvalue weighted by atomic mass is 9.66. The Bertz CT molecular complexity index is 784. The fourth-order valence-corrected chi connectivity index (χ4v) is 4.35. The molecule has 0 saturated heterocycles. The Kier molecular flexibility index (Phi) is 7.31. The number of aromatic hydroxyl groups is 1. The van der Waals surface area contributed by atoms with Gasteiger partial charge in [-0.1, -0.05) is 124 Å². The summed E-state index contributed by atoms with van der Waals surface area (Å²) in [6.45, 7) is 2.26. The molecule has 0 aromatic heterocycles. The first-order valence-corrected chi connectivity index (χ1v) is 10.7. The summed E-state index contributed by atoms with van der Waals surface area (Å²) in [6, 6.07) is 29.2. The van der Waals surface area contributed by atoms with E-state index in [2.05, 4.69) is 73.7 Å². The van der Waals surface area contributed by atoms with Crippen molar-refractivity contribution in [1.29, 1.82) is 0 Å². The smallest absolute Gasteiger partial charge is 0.120 e. The highest BCUT2D eigenvalue weighted by atomic mass is 16.3. The van der Waals surface area contributed by atoms with Crippen LogP contribution in [-0.4, -0.2) is 5.11 Å². The average Bonchev–Trinajstić information content (AvgIpc) is 2.75. The maximum Gasteiger partial charge on any atom is 0.120 e. The molecule has 1 heteroatoms. The SMILES string of the molecule is CCCCCCCCC(c1ccccc1)(c1ccccc1)c1ccccc1O. The van der Waals surface area contributed by atoms with Crippen LogP contribution in [0.5, 0.6) is 5.75 Å². The van der Waals surface area contributed by atoms with Crippen LogP contribution in [0.15, 0.2) is 84.9 Å². The summed E-state index contributed by atoms with van der Waals surface area (Å²) in [5.41, 5.74) is 3.16. The van der Waals surface area contributed by atoms with Crippen LogP contribution in [0.1, 0.15) is 68.6 Å². The Morgan fingerprint density at radius 3 is 1.68 bits per heavy atom. The third kappa shape index (κ3) is 4.47. The van der Waals surface area contributed by atoms with Crippen molar-refractivity contribution >= 4 is 0 Å². The van der Waals surface area contributed by atoms with Gasteiger partial charge >= 0.3 is 0 Å². The largest absolute Gasteiger partial charge is 0.508 e. The van der Waals surface area contributed by atoms with Gasteiger partial charge in [0.05, 0.1) is 0 Å². The predicted molar refractivity (Wildman–Crippen MR) is 119 cm³/mol. The molecule has 0 bridgehead atoms. The first-order valence-electron chi connectivity index (χ1n) is 10.7. The lowest BCUT2D eigenvalue weighted by Crippen LogP contribution is -2.29. The Balaban J connectivity index is 2.04. The van der Waals surface area contributed by atoms with Crippen molar-refractivity contribution in [3.63, 3.8) is 0 Å². The van der Waals surface area contributed by atoms with Gasteiger partial charge in [-0.25, -0.2) is 0 Å². The van der Waals surface area contributed by atoms with Crippen molar-refractivity contribution in [2.45, 2.75) is 57.3 Å². The van der Waals surface area contributed by atoms with Crippen LogP contribution < -0.4 is 0 Å². The van der Waals surface area contributed by atoms with Gasteiger partial charge in [-0.15, -0.1) is 0 Å². The van der Waals surface area contributed by atoms with E-state index in [-0.39, 0.29) is 5.41 Å². The van der Waals surface area contributed by atoms with Crippen LogP contribution in [0.4, 0.5) is 0 Å². The molecule has 0 saturated carbocycles. The maximum atomic E-state index is 10.8. The second-order valence-electron chi connectivity index (χ2n) is 7.67. The molecule has 3 rings (SSSR count). The molecular formula is C27H32O. The molecule has 1 N–H and O–H groups in total. The molecule has 0 atom stereocenters. The number of hydrogen-bond donors (Lipinski definition) is 1. The number of benzene rings is 3. The summed E-state index contributed by atoms with van der Waals surface area (Å²) in [7, 11) is 0. The van der Waals surface area contributed by atoms with Gasteiger partial charge in [0, 0.05) is 11.0 Å². The fourth-order valence-electron chi connectivity index (χ4n) is 4.35. The Hall–Kier alpha value is -2.54. The highest BCUT2D eigenvalue weighted by molar-refractivity contribution is 5.54. The van der Waals surface area contributed by atoms with Gasteiger partial charge in [0.2, 0.25) is 0 Å². The first kappa shape index (κ1) is 20.2. The summed E-state index contributed by atoms with van der Waals surface area (Å²) in [5, 5.41) is 10.8. The van der Waals surface area contributed by atoms with Crippen molar-refractivity contribution in [3.8, 4) is 5.75 Å². The van der Waals surface area contributed by atoms with Gasteiger partial charge < -0.3 is 5.11 Å². The highest BCUT2D eigenvalue weighted by Gasteiger charge is 2.37. The zero-order valence-electron chi connectivity index (χ0n) is 17.0. The second-order valence-corrected chi connectivity index (χ2v) is 7.67. The minimum absolute atomic E-state index is 0.335. The van der Waals surface area contributed by atoms with E-state index in [1.807, 2.05) is 18.2 Å². The minimum atomic E-state index is -0.335. The molecule has 146 valence electrons. The molecule has 0 aliphatic carbocycles. The second kappa shape index (κ2) is 10.1. The summed E-state index contributed by atoms with van der Waals surface area (Å²) in [4.78, 5) is 0. The monoisotopic (exact) mass is 372 g/mol. The van der Waals surface area contributed by atoms with Crippen LogP contribution in [0, 0.1) is 0 Å². The van der Waals surface area contributed by atoms with Crippen LogP contribution in [-0.2, 0) is 5.41 Å². The molecule has 3 aromatic carbocycles. The van der Waals surface area contributed by atoms with Crippen molar-refractivity contribution in [1.82, 2.24) is 0 Å². The third-order valence-electron chi connectivity index (χ3n) is 5.80. The highest BCUT2D eigenvalue weighted by Crippen LogP contribution is 2.46. The average molecular weight is 373 g/mol. The number of unbranched alkanes of at least 4 members (excludes halogenated alkanes) is 5. The molecule has 0 amide bonds. The molecule has 0 fully saturated rings. The van der Waals surface area contributed by atoms with E-state index in [9.17, 15) is 5.11 Å².